The standard InChI is InChI=1S/C17H20N4O/c1-10-3-4-12-13(7-10)18-19-15(12)16(22)21-14-8-11-9-20(2)6-5-17(11,14)21/h3-4,7,11,14H,5-6,8-9H2,1-2H3,(H,18,19)/t11?,14-,17?,21?/m1/s1. The second-order valence-electron chi connectivity index (χ2n) is 7.25. The molecule has 3 atom stereocenters. The van der Waals surface area contributed by atoms with Crippen LogP contribution in [0.1, 0.15) is 28.9 Å². The first-order valence-electron chi connectivity index (χ1n) is 8.08. The third kappa shape index (κ3) is 1.38. The van der Waals surface area contributed by atoms with Gasteiger partial charge >= 0.3 is 0 Å². The van der Waals surface area contributed by atoms with E-state index in [-0.39, 0.29) is 11.4 Å². The lowest BCUT2D eigenvalue weighted by Crippen LogP contribution is -2.51. The summed E-state index contributed by atoms with van der Waals surface area (Å²) in [4.78, 5) is 17.5. The summed E-state index contributed by atoms with van der Waals surface area (Å²) in [7, 11) is 2.18. The zero-order valence-corrected chi connectivity index (χ0v) is 13.0. The van der Waals surface area contributed by atoms with E-state index in [1.54, 1.807) is 0 Å². The summed E-state index contributed by atoms with van der Waals surface area (Å²) in [5.74, 6) is 0.778. The number of nitrogens with one attached hydrogen (secondary N) is 1. The van der Waals surface area contributed by atoms with E-state index in [4.69, 9.17) is 0 Å². The second kappa shape index (κ2) is 3.90. The molecule has 114 valence electrons. The molecular formula is C17H20N4O. The predicted molar refractivity (Wildman–Crippen MR) is 83.7 cm³/mol. The number of H-pyrrole nitrogens is 1. The summed E-state index contributed by atoms with van der Waals surface area (Å²) in [6, 6.07) is 6.57. The topological polar surface area (TPSA) is 52.0 Å². The zero-order chi connectivity index (χ0) is 15.1. The van der Waals surface area contributed by atoms with E-state index in [9.17, 15) is 4.79 Å². The average Bonchev–Trinajstić information content (AvgIpc) is 2.82. The maximum absolute atomic E-state index is 13.0. The van der Waals surface area contributed by atoms with Gasteiger partial charge in [0, 0.05) is 18.5 Å². The fourth-order valence-corrected chi connectivity index (χ4v) is 4.80. The van der Waals surface area contributed by atoms with Crippen LogP contribution in [0.25, 0.3) is 10.9 Å². The average molecular weight is 296 g/mol. The molecule has 2 aliphatic heterocycles. The number of aromatic amines is 1. The SMILES string of the molecule is Cc1ccc2c(C(=O)N3[C@@H]4CC5CN(C)CCC543)n[nH]c2c1. The lowest BCUT2D eigenvalue weighted by Gasteiger charge is -2.41. The predicted octanol–water partition coefficient (Wildman–Crippen LogP) is 1.79. The van der Waals surface area contributed by atoms with Gasteiger partial charge in [-0.3, -0.25) is 9.89 Å². The van der Waals surface area contributed by atoms with Crippen molar-refractivity contribution >= 4 is 16.8 Å². The van der Waals surface area contributed by atoms with Crippen molar-refractivity contribution in [2.45, 2.75) is 31.3 Å². The highest BCUT2D eigenvalue weighted by atomic mass is 16.2. The van der Waals surface area contributed by atoms with Crippen LogP contribution in [0, 0.1) is 12.8 Å². The molecule has 0 radical (unpaired) electrons. The van der Waals surface area contributed by atoms with Crippen LogP contribution in [0.2, 0.25) is 0 Å². The molecule has 5 nitrogen and oxygen atoms in total. The zero-order valence-electron chi connectivity index (χ0n) is 13.0. The van der Waals surface area contributed by atoms with Crippen molar-refractivity contribution in [1.82, 2.24) is 20.0 Å². The number of carbonyl (C=O) groups excluding carboxylic acids is 1. The van der Waals surface area contributed by atoms with Crippen molar-refractivity contribution in [3.05, 3.63) is 29.5 Å². The Balaban J connectivity index is 1.48. The summed E-state index contributed by atoms with van der Waals surface area (Å²) in [6.45, 7) is 4.27. The molecule has 5 heteroatoms. The van der Waals surface area contributed by atoms with Gasteiger partial charge in [-0.1, -0.05) is 12.1 Å². The third-order valence-corrected chi connectivity index (χ3v) is 6.05. The van der Waals surface area contributed by atoms with Gasteiger partial charge in [-0.25, -0.2) is 0 Å². The second-order valence-corrected chi connectivity index (χ2v) is 7.25. The molecule has 2 saturated heterocycles. The number of carbonyl (C=O) groups is 1. The number of fused-ring (bicyclic) bond motifs is 1. The third-order valence-electron chi connectivity index (χ3n) is 6.05. The molecule has 2 aromatic rings. The van der Waals surface area contributed by atoms with Crippen LogP contribution in [-0.2, 0) is 0 Å². The first-order chi connectivity index (χ1) is 10.6. The normalized spacial score (nSPS) is 33.3. The van der Waals surface area contributed by atoms with Crippen LogP contribution >= 0.6 is 0 Å². The highest BCUT2D eigenvalue weighted by molar-refractivity contribution is 6.06. The van der Waals surface area contributed by atoms with Crippen molar-refractivity contribution in [3.63, 3.8) is 0 Å². The quantitative estimate of drug-likeness (QED) is 0.816. The molecule has 1 spiro atoms. The molecule has 0 bridgehead atoms. The molecule has 2 unspecified atom stereocenters. The summed E-state index contributed by atoms with van der Waals surface area (Å²) < 4.78 is 0. The Kier molecular flexibility index (Phi) is 2.24. The number of amides is 1. The Hall–Kier alpha value is -1.88. The molecule has 22 heavy (non-hydrogen) atoms. The number of hydrogen-bond donors (Lipinski definition) is 1. The number of hydrogen-bond acceptors (Lipinski definition) is 3. The van der Waals surface area contributed by atoms with Gasteiger partial charge in [0.2, 0.25) is 0 Å². The summed E-state index contributed by atoms with van der Waals surface area (Å²) >= 11 is 0. The Morgan fingerprint density at radius 1 is 1.45 bits per heavy atom. The van der Waals surface area contributed by atoms with E-state index >= 15 is 0 Å². The molecule has 5 rings (SSSR count). The molecule has 1 aliphatic carbocycles. The number of benzene rings is 1. The van der Waals surface area contributed by atoms with Gasteiger partial charge < -0.3 is 9.80 Å². The number of nitrogens with zero attached hydrogens (tertiary/aromatic N) is 3. The Morgan fingerprint density at radius 2 is 2.32 bits per heavy atom. The smallest absolute Gasteiger partial charge is 0.275 e. The monoisotopic (exact) mass is 296 g/mol. The summed E-state index contributed by atoms with van der Waals surface area (Å²) in [5, 5.41) is 8.28. The number of aryl methyl sites for hydroxylation is 1. The molecule has 1 saturated carbocycles. The number of piperidine rings is 1. The molecule has 1 aromatic heterocycles. The summed E-state index contributed by atoms with van der Waals surface area (Å²) in [6.07, 6.45) is 2.28. The van der Waals surface area contributed by atoms with Gasteiger partial charge in [-0.15, -0.1) is 0 Å². The van der Waals surface area contributed by atoms with E-state index in [0.29, 0.717) is 17.7 Å². The Labute approximate surface area is 129 Å². The fourth-order valence-electron chi connectivity index (χ4n) is 4.80. The van der Waals surface area contributed by atoms with Gasteiger partial charge in [-0.05, 0) is 44.4 Å². The molecule has 3 aliphatic rings. The maximum Gasteiger partial charge on any atom is 0.275 e. The maximum atomic E-state index is 13.0. The van der Waals surface area contributed by atoms with Crippen LogP contribution in [-0.4, -0.2) is 57.6 Å². The van der Waals surface area contributed by atoms with E-state index in [1.807, 2.05) is 18.2 Å². The molecule has 3 heterocycles. The van der Waals surface area contributed by atoms with Crippen LogP contribution < -0.4 is 0 Å². The fraction of sp³-hybridized carbons (Fsp3) is 0.529. The summed E-state index contributed by atoms with van der Waals surface area (Å²) in [5.41, 5.74) is 2.89. The van der Waals surface area contributed by atoms with Crippen molar-refractivity contribution in [1.29, 1.82) is 0 Å². The number of likely N-dealkylation sites (tertiary alicyclic amines) is 2. The molecule has 1 N–H and O–H groups in total. The van der Waals surface area contributed by atoms with E-state index in [2.05, 4.69) is 34.0 Å². The van der Waals surface area contributed by atoms with E-state index in [1.165, 1.54) is 5.56 Å². The Bertz CT molecular complexity index is 797. The van der Waals surface area contributed by atoms with Gasteiger partial charge in [0.25, 0.3) is 5.91 Å². The molecule has 1 aromatic carbocycles. The lowest BCUT2D eigenvalue weighted by atomic mass is 9.69. The largest absolute Gasteiger partial charge is 0.324 e. The van der Waals surface area contributed by atoms with Crippen LogP contribution in [0.3, 0.4) is 0 Å². The number of aromatic nitrogens is 2. The van der Waals surface area contributed by atoms with Crippen LogP contribution in [0.5, 0.6) is 0 Å². The van der Waals surface area contributed by atoms with Gasteiger partial charge in [0.1, 0.15) is 0 Å². The van der Waals surface area contributed by atoms with Crippen LogP contribution in [0.4, 0.5) is 0 Å². The van der Waals surface area contributed by atoms with Crippen molar-refractivity contribution < 1.29 is 4.79 Å². The van der Waals surface area contributed by atoms with Crippen molar-refractivity contribution in [3.8, 4) is 0 Å². The van der Waals surface area contributed by atoms with Gasteiger partial charge in [-0.2, -0.15) is 5.10 Å². The minimum atomic E-state index is 0.118. The lowest BCUT2D eigenvalue weighted by molar-refractivity contribution is 0.0765. The number of rotatable bonds is 1. The highest BCUT2D eigenvalue weighted by Crippen LogP contribution is 2.64. The minimum Gasteiger partial charge on any atom is -0.324 e. The first-order valence-corrected chi connectivity index (χ1v) is 8.08. The first kappa shape index (κ1) is 12.6. The highest BCUT2D eigenvalue weighted by Gasteiger charge is 2.76. The van der Waals surface area contributed by atoms with Gasteiger partial charge in [0.15, 0.2) is 5.69 Å². The minimum absolute atomic E-state index is 0.118. The Morgan fingerprint density at radius 3 is 3.14 bits per heavy atom. The van der Waals surface area contributed by atoms with Crippen molar-refractivity contribution in [2.24, 2.45) is 5.92 Å². The molecule has 3 fully saturated rings. The van der Waals surface area contributed by atoms with Gasteiger partial charge in [0.05, 0.1) is 17.1 Å². The molecule has 1 amide bonds. The van der Waals surface area contributed by atoms with E-state index < -0.39 is 0 Å². The van der Waals surface area contributed by atoms with Crippen molar-refractivity contribution in [2.75, 3.05) is 20.1 Å². The van der Waals surface area contributed by atoms with E-state index in [0.717, 1.165) is 36.8 Å². The van der Waals surface area contributed by atoms with Crippen LogP contribution in [0.15, 0.2) is 18.2 Å². The molecular weight excluding hydrogens is 276 g/mol.